The Kier molecular flexibility index (Phi) is 3.08. The van der Waals surface area contributed by atoms with Crippen molar-refractivity contribution in [2.24, 2.45) is 0 Å². The van der Waals surface area contributed by atoms with Gasteiger partial charge in [-0.2, -0.15) is 0 Å². The van der Waals surface area contributed by atoms with E-state index in [1.54, 1.807) is 7.11 Å². The van der Waals surface area contributed by atoms with Crippen LogP contribution in [0.4, 0.5) is 0 Å². The maximum Gasteiger partial charge on any atom is 0.496 e. The molecule has 1 fully saturated rings. The van der Waals surface area contributed by atoms with Crippen LogP contribution in [0.15, 0.2) is 18.5 Å². The van der Waals surface area contributed by atoms with Crippen molar-refractivity contribution in [3.63, 3.8) is 0 Å². The lowest BCUT2D eigenvalue weighted by Gasteiger charge is -2.32. The third kappa shape index (κ3) is 2.22. The second-order valence-electron chi connectivity index (χ2n) is 6.54. The molecule has 0 spiro atoms. The first kappa shape index (κ1) is 14.4. The molecule has 1 saturated heterocycles. The van der Waals surface area contributed by atoms with Crippen molar-refractivity contribution in [2.75, 3.05) is 7.11 Å². The van der Waals surface area contributed by atoms with E-state index in [-0.39, 0.29) is 11.2 Å². The van der Waals surface area contributed by atoms with Gasteiger partial charge in [-0.3, -0.25) is 0 Å². The number of fused-ring (bicyclic) bond motifs is 1. The van der Waals surface area contributed by atoms with Crippen LogP contribution in [-0.4, -0.2) is 34.8 Å². The lowest BCUT2D eigenvalue weighted by Crippen LogP contribution is -2.41. The van der Waals surface area contributed by atoms with E-state index in [1.807, 2.05) is 57.5 Å². The molecule has 2 aromatic rings. The highest BCUT2D eigenvalue weighted by molar-refractivity contribution is 6.62. The molecule has 0 amide bonds. The van der Waals surface area contributed by atoms with Gasteiger partial charge >= 0.3 is 7.12 Å². The van der Waals surface area contributed by atoms with Gasteiger partial charge in [-0.15, -0.1) is 0 Å². The average molecular weight is 288 g/mol. The molecular weight excluding hydrogens is 267 g/mol. The van der Waals surface area contributed by atoms with Gasteiger partial charge in [-0.1, -0.05) is 0 Å². The highest BCUT2D eigenvalue weighted by Crippen LogP contribution is 2.36. The minimum atomic E-state index is -0.406. The Labute approximate surface area is 125 Å². The predicted molar refractivity (Wildman–Crippen MR) is 82.2 cm³/mol. The molecule has 1 aliphatic heterocycles. The molecule has 0 saturated carbocycles. The van der Waals surface area contributed by atoms with Gasteiger partial charge in [0, 0.05) is 17.9 Å². The number of hydrogen-bond donors (Lipinski definition) is 0. The molecule has 21 heavy (non-hydrogen) atoms. The normalized spacial score (nSPS) is 20.2. The first-order valence-electron chi connectivity index (χ1n) is 7.12. The molecule has 0 bridgehead atoms. The molecule has 112 valence electrons. The standard InChI is InChI=1S/C15H21BN2O3/c1-10-8-18-9-11(7-12(19-6)13(18)17-10)16-20-14(2,3)15(4,5)21-16/h7-9H,1-6H3. The number of imidazole rings is 1. The van der Waals surface area contributed by atoms with E-state index >= 15 is 0 Å². The monoisotopic (exact) mass is 288 g/mol. The molecule has 0 aliphatic carbocycles. The van der Waals surface area contributed by atoms with E-state index in [2.05, 4.69) is 4.98 Å². The summed E-state index contributed by atoms with van der Waals surface area (Å²) in [7, 11) is 1.24. The summed E-state index contributed by atoms with van der Waals surface area (Å²) in [6.07, 6.45) is 3.95. The van der Waals surface area contributed by atoms with Gasteiger partial charge in [0.05, 0.1) is 24.0 Å². The van der Waals surface area contributed by atoms with E-state index in [0.29, 0.717) is 0 Å². The number of ether oxygens (including phenoxy) is 1. The Balaban J connectivity index is 2.06. The van der Waals surface area contributed by atoms with Crippen LogP contribution in [0.2, 0.25) is 0 Å². The number of aryl methyl sites for hydroxylation is 1. The Morgan fingerprint density at radius 2 is 1.76 bits per heavy atom. The number of methoxy groups -OCH3 is 1. The number of pyridine rings is 1. The van der Waals surface area contributed by atoms with Crippen LogP contribution < -0.4 is 10.2 Å². The summed E-state index contributed by atoms with van der Waals surface area (Å²) in [5.41, 5.74) is 1.96. The molecule has 3 heterocycles. The van der Waals surface area contributed by atoms with Gasteiger partial charge in [-0.05, 0) is 40.7 Å². The molecule has 2 aromatic heterocycles. The fraction of sp³-hybridized carbons (Fsp3) is 0.533. The van der Waals surface area contributed by atoms with Crippen molar-refractivity contribution in [3.8, 4) is 5.75 Å². The smallest absolute Gasteiger partial charge is 0.493 e. The van der Waals surface area contributed by atoms with Crippen LogP contribution in [0.5, 0.6) is 5.75 Å². The van der Waals surface area contributed by atoms with E-state index < -0.39 is 7.12 Å². The SMILES string of the molecule is COc1cc(B2OC(C)(C)C(C)(C)O2)cn2cc(C)nc12. The maximum atomic E-state index is 6.09. The number of hydrogen-bond acceptors (Lipinski definition) is 4. The zero-order chi connectivity index (χ0) is 15.4. The molecular formula is C15H21BN2O3. The van der Waals surface area contributed by atoms with Crippen LogP contribution in [0.3, 0.4) is 0 Å². The molecule has 3 rings (SSSR count). The summed E-state index contributed by atoms with van der Waals surface area (Å²) < 4.78 is 19.6. The number of rotatable bonds is 2. The quantitative estimate of drug-likeness (QED) is 0.792. The number of aromatic nitrogens is 2. The highest BCUT2D eigenvalue weighted by atomic mass is 16.7. The second kappa shape index (κ2) is 4.48. The Morgan fingerprint density at radius 3 is 2.33 bits per heavy atom. The zero-order valence-corrected chi connectivity index (χ0v) is 13.4. The van der Waals surface area contributed by atoms with Crippen LogP contribution >= 0.6 is 0 Å². The molecule has 0 N–H and O–H groups in total. The predicted octanol–water partition coefficient (Wildman–Crippen LogP) is 1.95. The third-order valence-electron chi connectivity index (χ3n) is 4.40. The summed E-state index contributed by atoms with van der Waals surface area (Å²) >= 11 is 0. The van der Waals surface area contributed by atoms with Crippen LogP contribution in [0, 0.1) is 6.92 Å². The topological polar surface area (TPSA) is 45.0 Å². The Morgan fingerprint density at radius 1 is 1.14 bits per heavy atom. The molecule has 0 radical (unpaired) electrons. The van der Waals surface area contributed by atoms with Crippen molar-refractivity contribution >= 4 is 18.2 Å². The molecule has 0 atom stereocenters. The van der Waals surface area contributed by atoms with Gasteiger partial charge in [0.1, 0.15) is 0 Å². The molecule has 0 aromatic carbocycles. The summed E-state index contributed by atoms with van der Waals surface area (Å²) in [6, 6.07) is 1.93. The summed E-state index contributed by atoms with van der Waals surface area (Å²) in [5, 5.41) is 0. The lowest BCUT2D eigenvalue weighted by atomic mass is 9.80. The van der Waals surface area contributed by atoms with Gasteiger partial charge in [0.25, 0.3) is 0 Å². The van der Waals surface area contributed by atoms with Crippen LogP contribution in [-0.2, 0) is 9.31 Å². The van der Waals surface area contributed by atoms with Crippen molar-refractivity contribution in [1.82, 2.24) is 9.38 Å². The molecule has 1 aliphatic rings. The first-order valence-corrected chi connectivity index (χ1v) is 7.12. The second-order valence-corrected chi connectivity index (χ2v) is 6.54. The zero-order valence-electron chi connectivity index (χ0n) is 13.4. The van der Waals surface area contributed by atoms with Crippen molar-refractivity contribution in [2.45, 2.75) is 45.8 Å². The van der Waals surface area contributed by atoms with E-state index in [9.17, 15) is 0 Å². The van der Waals surface area contributed by atoms with Crippen molar-refractivity contribution in [1.29, 1.82) is 0 Å². The van der Waals surface area contributed by atoms with E-state index in [0.717, 1.165) is 22.6 Å². The van der Waals surface area contributed by atoms with E-state index in [1.165, 1.54) is 0 Å². The van der Waals surface area contributed by atoms with E-state index in [4.69, 9.17) is 14.0 Å². The minimum Gasteiger partial charge on any atom is -0.493 e. The van der Waals surface area contributed by atoms with Crippen molar-refractivity contribution in [3.05, 3.63) is 24.2 Å². The lowest BCUT2D eigenvalue weighted by molar-refractivity contribution is 0.00578. The van der Waals surface area contributed by atoms with Gasteiger partial charge in [0.2, 0.25) is 0 Å². The largest absolute Gasteiger partial charge is 0.496 e. The van der Waals surface area contributed by atoms with Crippen LogP contribution in [0.1, 0.15) is 33.4 Å². The third-order valence-corrected chi connectivity index (χ3v) is 4.40. The Bertz CT molecular complexity index is 678. The maximum absolute atomic E-state index is 6.09. The molecule has 0 unspecified atom stereocenters. The van der Waals surface area contributed by atoms with Gasteiger partial charge in [0.15, 0.2) is 11.4 Å². The first-order chi connectivity index (χ1) is 9.73. The average Bonchev–Trinajstić information content (AvgIpc) is 2.85. The fourth-order valence-corrected chi connectivity index (χ4v) is 2.47. The summed E-state index contributed by atoms with van der Waals surface area (Å²) in [6.45, 7) is 10.1. The van der Waals surface area contributed by atoms with Crippen LogP contribution in [0.25, 0.3) is 5.65 Å². The highest BCUT2D eigenvalue weighted by Gasteiger charge is 2.52. The number of nitrogens with zero attached hydrogens (tertiary/aromatic N) is 2. The Hall–Kier alpha value is -1.53. The molecule has 6 heteroatoms. The summed E-state index contributed by atoms with van der Waals surface area (Å²) in [4.78, 5) is 4.47. The van der Waals surface area contributed by atoms with Gasteiger partial charge < -0.3 is 18.4 Å². The van der Waals surface area contributed by atoms with Gasteiger partial charge in [-0.25, -0.2) is 4.98 Å². The summed E-state index contributed by atoms with van der Waals surface area (Å²) in [5.74, 6) is 0.718. The molecule has 5 nitrogen and oxygen atoms in total. The fourth-order valence-electron chi connectivity index (χ4n) is 2.47. The van der Waals surface area contributed by atoms with Crippen molar-refractivity contribution < 1.29 is 14.0 Å². The minimum absolute atomic E-state index is 0.356.